The highest BCUT2D eigenvalue weighted by Gasteiger charge is 2.21. The number of nitrogens with two attached hydrogens (primary N) is 1. The monoisotopic (exact) mass is 260 g/mol. The first-order valence-corrected chi connectivity index (χ1v) is 6.25. The second-order valence-corrected chi connectivity index (χ2v) is 4.50. The van der Waals surface area contributed by atoms with Crippen LogP contribution in [0, 0.1) is 0 Å². The molecule has 0 aliphatic carbocycles. The second kappa shape index (κ2) is 4.89. The lowest BCUT2D eigenvalue weighted by atomic mass is 10.2. The van der Waals surface area contributed by atoms with Crippen LogP contribution in [-0.4, -0.2) is 28.9 Å². The van der Waals surface area contributed by atoms with E-state index in [4.69, 9.17) is 15.2 Å². The van der Waals surface area contributed by atoms with Gasteiger partial charge in [0.05, 0.1) is 12.8 Å². The SMILES string of the molecule is COc1ccc(-c2n[nH]c(C3CCCO3)n2)cc1N. The number of aromatic nitrogens is 3. The molecule has 0 spiro atoms. The highest BCUT2D eigenvalue weighted by molar-refractivity contribution is 5.66. The van der Waals surface area contributed by atoms with E-state index in [0.29, 0.717) is 17.3 Å². The molecule has 19 heavy (non-hydrogen) atoms. The van der Waals surface area contributed by atoms with Crippen molar-refractivity contribution < 1.29 is 9.47 Å². The van der Waals surface area contributed by atoms with E-state index in [2.05, 4.69) is 15.2 Å². The van der Waals surface area contributed by atoms with Crippen molar-refractivity contribution in [1.82, 2.24) is 15.2 Å². The summed E-state index contributed by atoms with van der Waals surface area (Å²) in [6.07, 6.45) is 2.09. The van der Waals surface area contributed by atoms with Gasteiger partial charge in [-0.15, -0.1) is 0 Å². The Morgan fingerprint density at radius 3 is 3.05 bits per heavy atom. The number of nitrogens with zero attached hydrogens (tertiary/aromatic N) is 2. The first-order chi connectivity index (χ1) is 9.28. The van der Waals surface area contributed by atoms with Crippen molar-refractivity contribution in [3.63, 3.8) is 0 Å². The number of hydrogen-bond acceptors (Lipinski definition) is 5. The molecule has 2 heterocycles. The summed E-state index contributed by atoms with van der Waals surface area (Å²) in [5.41, 5.74) is 7.32. The molecular weight excluding hydrogens is 244 g/mol. The van der Waals surface area contributed by atoms with Crippen LogP contribution in [0.15, 0.2) is 18.2 Å². The molecule has 2 aromatic rings. The van der Waals surface area contributed by atoms with Crippen LogP contribution in [0.5, 0.6) is 5.75 Å². The van der Waals surface area contributed by atoms with E-state index >= 15 is 0 Å². The van der Waals surface area contributed by atoms with Gasteiger partial charge in [-0.2, -0.15) is 5.10 Å². The topological polar surface area (TPSA) is 86.0 Å². The number of nitrogens with one attached hydrogen (secondary N) is 1. The van der Waals surface area contributed by atoms with Crippen molar-refractivity contribution in [2.75, 3.05) is 19.5 Å². The molecule has 6 heteroatoms. The van der Waals surface area contributed by atoms with Gasteiger partial charge in [0.15, 0.2) is 11.6 Å². The number of anilines is 1. The Morgan fingerprint density at radius 2 is 2.37 bits per heavy atom. The van der Waals surface area contributed by atoms with Gasteiger partial charge in [0.1, 0.15) is 11.9 Å². The molecule has 3 rings (SSSR count). The lowest BCUT2D eigenvalue weighted by Crippen LogP contribution is -1.98. The van der Waals surface area contributed by atoms with Gasteiger partial charge in [0, 0.05) is 12.2 Å². The van der Waals surface area contributed by atoms with Crippen LogP contribution in [0.3, 0.4) is 0 Å². The summed E-state index contributed by atoms with van der Waals surface area (Å²) in [4.78, 5) is 4.47. The summed E-state index contributed by atoms with van der Waals surface area (Å²) in [5, 5.41) is 7.15. The average Bonchev–Trinajstić information content (AvgIpc) is 3.09. The summed E-state index contributed by atoms with van der Waals surface area (Å²) < 4.78 is 10.7. The highest BCUT2D eigenvalue weighted by Crippen LogP contribution is 2.29. The fraction of sp³-hybridized carbons (Fsp3) is 0.385. The molecule has 1 aliphatic rings. The molecule has 1 fully saturated rings. The molecule has 0 radical (unpaired) electrons. The van der Waals surface area contributed by atoms with Crippen LogP contribution in [0.2, 0.25) is 0 Å². The summed E-state index contributed by atoms with van der Waals surface area (Å²) in [6.45, 7) is 0.788. The largest absolute Gasteiger partial charge is 0.495 e. The maximum Gasteiger partial charge on any atom is 0.181 e. The molecular formula is C13H16N4O2. The lowest BCUT2D eigenvalue weighted by molar-refractivity contribution is 0.105. The van der Waals surface area contributed by atoms with Crippen LogP contribution in [-0.2, 0) is 4.74 Å². The van der Waals surface area contributed by atoms with Gasteiger partial charge in [-0.05, 0) is 31.0 Å². The number of nitrogen functional groups attached to an aromatic ring is 1. The molecule has 1 saturated heterocycles. The van der Waals surface area contributed by atoms with E-state index < -0.39 is 0 Å². The zero-order valence-electron chi connectivity index (χ0n) is 10.7. The summed E-state index contributed by atoms with van der Waals surface area (Å²) >= 11 is 0. The minimum absolute atomic E-state index is 0.0387. The Labute approximate surface area is 110 Å². The fourth-order valence-electron chi connectivity index (χ4n) is 2.21. The van der Waals surface area contributed by atoms with Crippen molar-refractivity contribution in [1.29, 1.82) is 0 Å². The number of rotatable bonds is 3. The van der Waals surface area contributed by atoms with E-state index in [1.165, 1.54) is 0 Å². The smallest absolute Gasteiger partial charge is 0.181 e. The predicted molar refractivity (Wildman–Crippen MR) is 70.7 cm³/mol. The molecule has 1 aliphatic heterocycles. The number of hydrogen-bond donors (Lipinski definition) is 2. The normalized spacial score (nSPS) is 18.7. The van der Waals surface area contributed by atoms with Gasteiger partial charge in [0.2, 0.25) is 0 Å². The third-order valence-corrected chi connectivity index (χ3v) is 3.23. The number of benzene rings is 1. The van der Waals surface area contributed by atoms with Gasteiger partial charge in [-0.3, -0.25) is 5.10 Å². The Bertz CT molecular complexity index is 576. The fourth-order valence-corrected chi connectivity index (χ4v) is 2.21. The van der Waals surface area contributed by atoms with Gasteiger partial charge in [-0.1, -0.05) is 0 Å². The highest BCUT2D eigenvalue weighted by atomic mass is 16.5. The van der Waals surface area contributed by atoms with E-state index in [1.807, 2.05) is 12.1 Å². The van der Waals surface area contributed by atoms with Crippen LogP contribution < -0.4 is 10.5 Å². The quantitative estimate of drug-likeness (QED) is 0.823. The third kappa shape index (κ3) is 2.26. The first kappa shape index (κ1) is 12.0. The Balaban J connectivity index is 1.87. The maximum atomic E-state index is 5.88. The van der Waals surface area contributed by atoms with E-state index in [0.717, 1.165) is 30.8 Å². The molecule has 0 bridgehead atoms. The van der Waals surface area contributed by atoms with Crippen LogP contribution in [0.25, 0.3) is 11.4 Å². The molecule has 1 aromatic carbocycles. The summed E-state index contributed by atoms with van der Waals surface area (Å²) in [5.74, 6) is 2.06. The molecule has 1 unspecified atom stereocenters. The number of methoxy groups -OCH3 is 1. The standard InChI is InChI=1S/C13H16N4O2/c1-18-10-5-4-8(7-9(10)14)12-15-13(17-16-12)11-3-2-6-19-11/h4-5,7,11H,2-3,6,14H2,1H3,(H,15,16,17). The van der Waals surface area contributed by atoms with Gasteiger partial charge in [0.25, 0.3) is 0 Å². The van der Waals surface area contributed by atoms with Crippen LogP contribution in [0.1, 0.15) is 24.8 Å². The Morgan fingerprint density at radius 1 is 1.47 bits per heavy atom. The number of aromatic amines is 1. The molecule has 0 amide bonds. The van der Waals surface area contributed by atoms with Crippen molar-refractivity contribution in [3.8, 4) is 17.1 Å². The van der Waals surface area contributed by atoms with Gasteiger partial charge >= 0.3 is 0 Å². The second-order valence-electron chi connectivity index (χ2n) is 4.50. The van der Waals surface area contributed by atoms with E-state index in [1.54, 1.807) is 13.2 Å². The van der Waals surface area contributed by atoms with Gasteiger partial charge < -0.3 is 15.2 Å². The average molecular weight is 260 g/mol. The third-order valence-electron chi connectivity index (χ3n) is 3.23. The molecule has 100 valence electrons. The van der Waals surface area contributed by atoms with E-state index in [-0.39, 0.29) is 6.10 Å². The summed E-state index contributed by atoms with van der Waals surface area (Å²) in [7, 11) is 1.59. The predicted octanol–water partition coefficient (Wildman–Crippen LogP) is 1.91. The summed E-state index contributed by atoms with van der Waals surface area (Å²) in [6, 6.07) is 5.51. The molecule has 0 saturated carbocycles. The van der Waals surface area contributed by atoms with Gasteiger partial charge in [-0.25, -0.2) is 4.98 Å². The maximum absolute atomic E-state index is 5.88. The van der Waals surface area contributed by atoms with E-state index in [9.17, 15) is 0 Å². The first-order valence-electron chi connectivity index (χ1n) is 6.25. The van der Waals surface area contributed by atoms with Crippen LogP contribution >= 0.6 is 0 Å². The van der Waals surface area contributed by atoms with Crippen molar-refractivity contribution in [2.45, 2.75) is 18.9 Å². The van der Waals surface area contributed by atoms with Crippen LogP contribution in [0.4, 0.5) is 5.69 Å². The van der Waals surface area contributed by atoms with Crippen molar-refractivity contribution in [3.05, 3.63) is 24.0 Å². The minimum Gasteiger partial charge on any atom is -0.495 e. The van der Waals surface area contributed by atoms with Crippen molar-refractivity contribution in [2.24, 2.45) is 0 Å². The minimum atomic E-state index is 0.0387. The zero-order valence-corrected chi connectivity index (χ0v) is 10.7. The zero-order chi connectivity index (χ0) is 13.2. The Hall–Kier alpha value is -2.08. The number of ether oxygens (including phenoxy) is 2. The molecule has 1 aromatic heterocycles. The Kier molecular flexibility index (Phi) is 3.08. The molecule has 6 nitrogen and oxygen atoms in total. The number of H-pyrrole nitrogens is 1. The lowest BCUT2D eigenvalue weighted by Gasteiger charge is -2.05. The van der Waals surface area contributed by atoms with Crippen molar-refractivity contribution >= 4 is 5.69 Å². The molecule has 3 N–H and O–H groups in total. The molecule has 1 atom stereocenters.